The van der Waals surface area contributed by atoms with Crippen molar-refractivity contribution in [3.05, 3.63) is 328 Å². The molecule has 0 spiro atoms. The van der Waals surface area contributed by atoms with Gasteiger partial charge in [0.15, 0.2) is 0 Å². The third kappa shape index (κ3) is 7.69. The summed E-state index contributed by atoms with van der Waals surface area (Å²) >= 11 is 0. The van der Waals surface area contributed by atoms with Crippen LogP contribution in [0.25, 0.3) is 231 Å². The Morgan fingerprint density at radius 3 is 1.30 bits per heavy atom. The Hall–Kier alpha value is -14.1. The quantitative estimate of drug-likeness (QED) is 0.159. The number of nitrogens with zero attached hydrogens (tertiary/aromatic N) is 8. The van der Waals surface area contributed by atoms with Gasteiger partial charge in [-0.1, -0.05) is 188 Å². The largest absolute Gasteiger partial charge is 0.309 e. The van der Waals surface area contributed by atoms with Crippen LogP contribution in [0, 0.1) is 0 Å². The SMILES string of the molecule is c1ccc(-n2c3ccccc3c3cc(-c4ccc5c(c4)c4cc6ccccc6cc4n5-c4cnc5c(c4)-c4cccc6c(-c7ccc(-n8c9ccc(-c%10ccc%11c(c%10)c%10ccccc%10n%11-c%10cnc%11c(c%10)-c%10cccc%12ccnc-%11c%10%12)cc9c9ccc%10ccccc%10c98)cc7)cnc-5c46)ccc32)cc1. The fraction of sp³-hybridized carbons (Fsp3) is 0. The smallest absolute Gasteiger partial charge is 0.0977 e. The predicted molar refractivity (Wildman–Crippen MR) is 430 cm³/mol. The molecular weight excluding hydrogens is 1270 g/mol. The fourth-order valence-corrected chi connectivity index (χ4v) is 18.1. The normalized spacial score (nSPS) is 12.4. The van der Waals surface area contributed by atoms with Crippen molar-refractivity contribution < 1.29 is 0 Å². The van der Waals surface area contributed by atoms with Crippen molar-refractivity contribution in [3.63, 3.8) is 0 Å². The molecule has 0 saturated heterocycles. The molecule has 14 aromatic carbocycles. The Kier molecular flexibility index (Phi) is 11.1. The maximum absolute atomic E-state index is 5.37. The molecule has 0 fully saturated rings. The highest BCUT2D eigenvalue weighted by Gasteiger charge is 2.29. The minimum absolute atomic E-state index is 0.904. The van der Waals surface area contributed by atoms with E-state index in [1.165, 1.54) is 109 Å². The van der Waals surface area contributed by atoms with E-state index in [1.807, 2.05) is 18.6 Å². The maximum Gasteiger partial charge on any atom is 0.0977 e. The number of pyridine rings is 4. The summed E-state index contributed by atoms with van der Waals surface area (Å²) in [5, 5.41) is 19.1. The van der Waals surface area contributed by atoms with Crippen molar-refractivity contribution in [2.75, 3.05) is 0 Å². The first-order chi connectivity index (χ1) is 51.6. The van der Waals surface area contributed by atoms with Gasteiger partial charge in [-0.3, -0.25) is 19.9 Å². The summed E-state index contributed by atoms with van der Waals surface area (Å²) in [6.45, 7) is 0. The minimum atomic E-state index is 0.904. The molecule has 0 radical (unpaired) electrons. The minimum Gasteiger partial charge on any atom is -0.309 e. The molecule has 0 unspecified atom stereocenters. The van der Waals surface area contributed by atoms with Gasteiger partial charge in [-0.25, -0.2) is 0 Å². The number of hydrogen-bond acceptors (Lipinski definition) is 4. The van der Waals surface area contributed by atoms with Gasteiger partial charge in [0.25, 0.3) is 0 Å². The molecule has 8 nitrogen and oxygen atoms in total. The van der Waals surface area contributed by atoms with Crippen LogP contribution in [0.3, 0.4) is 0 Å². The molecule has 2 aliphatic carbocycles. The fourth-order valence-electron chi connectivity index (χ4n) is 18.1. The van der Waals surface area contributed by atoms with Crippen LogP contribution in [0.1, 0.15) is 0 Å². The van der Waals surface area contributed by atoms with Crippen LogP contribution >= 0.6 is 0 Å². The number of para-hydroxylation sites is 3. The van der Waals surface area contributed by atoms with Crippen molar-refractivity contribution in [3.8, 4) is 101 Å². The molecular formula is C96H54N8. The first kappa shape index (κ1) is 55.8. The second-order valence-corrected chi connectivity index (χ2v) is 28.1. The predicted octanol–water partition coefficient (Wildman–Crippen LogP) is 24.6. The number of benzene rings is 14. The zero-order valence-electron chi connectivity index (χ0n) is 55.8. The molecule has 22 aromatic rings. The molecule has 8 heterocycles. The van der Waals surface area contributed by atoms with E-state index in [2.05, 4.69) is 328 Å². The van der Waals surface area contributed by atoms with E-state index in [9.17, 15) is 0 Å². The number of aromatic nitrogens is 8. The lowest BCUT2D eigenvalue weighted by Crippen LogP contribution is -1.97. The van der Waals surface area contributed by atoms with Crippen molar-refractivity contribution in [1.82, 2.24) is 38.2 Å². The monoisotopic (exact) mass is 1320 g/mol. The number of hydrogen-bond donors (Lipinski definition) is 0. The molecule has 0 N–H and O–H groups in total. The Morgan fingerprint density at radius 1 is 0.192 bits per heavy atom. The zero-order valence-corrected chi connectivity index (χ0v) is 55.8. The van der Waals surface area contributed by atoms with Crippen molar-refractivity contribution in [2.24, 2.45) is 0 Å². The summed E-state index contributed by atoms with van der Waals surface area (Å²) in [4.78, 5) is 20.6. The van der Waals surface area contributed by atoms with E-state index in [0.29, 0.717) is 0 Å². The Labute approximate surface area is 594 Å². The zero-order chi connectivity index (χ0) is 67.6. The average Bonchev–Trinajstić information content (AvgIpc) is 1.54. The summed E-state index contributed by atoms with van der Waals surface area (Å²) in [7, 11) is 0. The second-order valence-electron chi connectivity index (χ2n) is 28.1. The van der Waals surface area contributed by atoms with Crippen LogP contribution < -0.4 is 0 Å². The lowest BCUT2D eigenvalue weighted by atomic mass is 9.97. The van der Waals surface area contributed by atoms with Gasteiger partial charge in [0.2, 0.25) is 0 Å². The van der Waals surface area contributed by atoms with Crippen LogP contribution in [-0.2, 0) is 0 Å². The van der Waals surface area contributed by atoms with Crippen LogP contribution in [0.4, 0.5) is 0 Å². The first-order valence-electron chi connectivity index (χ1n) is 35.6. The van der Waals surface area contributed by atoms with Crippen LogP contribution in [-0.4, -0.2) is 38.2 Å². The third-order valence-corrected chi connectivity index (χ3v) is 22.7. The number of fused-ring (bicyclic) bond motifs is 21. The molecule has 0 bridgehead atoms. The highest BCUT2D eigenvalue weighted by Crippen LogP contribution is 2.51. The van der Waals surface area contributed by atoms with Gasteiger partial charge < -0.3 is 18.3 Å². The lowest BCUT2D eigenvalue weighted by Gasteiger charge is -2.13. The molecule has 8 aromatic heterocycles. The van der Waals surface area contributed by atoms with E-state index in [4.69, 9.17) is 19.9 Å². The Bertz CT molecular complexity index is 7590. The highest BCUT2D eigenvalue weighted by molar-refractivity contribution is 6.22. The van der Waals surface area contributed by atoms with E-state index >= 15 is 0 Å². The molecule has 0 amide bonds. The van der Waals surface area contributed by atoms with E-state index in [1.54, 1.807) is 0 Å². The summed E-state index contributed by atoms with van der Waals surface area (Å²) in [5.74, 6) is 0. The second kappa shape index (κ2) is 20.8. The van der Waals surface area contributed by atoms with Crippen LogP contribution in [0.15, 0.2) is 328 Å². The van der Waals surface area contributed by atoms with Crippen LogP contribution in [0.2, 0.25) is 0 Å². The summed E-state index contributed by atoms with van der Waals surface area (Å²) in [6.07, 6.45) is 8.01. The molecule has 2 aliphatic rings. The Balaban J connectivity index is 0.590. The third-order valence-electron chi connectivity index (χ3n) is 22.7. The molecule has 0 aliphatic heterocycles. The van der Waals surface area contributed by atoms with Gasteiger partial charge in [0.05, 0.1) is 90.7 Å². The molecule has 0 saturated carbocycles. The molecule has 0 atom stereocenters. The standard InChI is InChI=1S/C96H54N8/c1-2-18-64(19-3-1)101-83-26-10-8-21-69(83)75-45-61(31-38-85(75)101)63-33-40-87-78(48-63)79-44-58-15-4-5-16-59(58)49-89(79)103(87)67-51-81-72-24-13-25-73-82(54-100-95(91(72)73)93(81)99-53-67)56-28-35-65(36-29-56)104-88-41-34-62(47-77(88)74-37-30-55-14-6-7-20-68(55)96(74)104)60-32-39-86-76(46-60)70-22-9-11-27-84(70)102(86)66-50-80-71-23-12-17-57-42-43-97-94(90(57)71)92(80)98-52-66/h1-54H. The van der Waals surface area contributed by atoms with Gasteiger partial charge in [0, 0.05) is 99.7 Å². The topological polar surface area (TPSA) is 71.3 Å². The van der Waals surface area contributed by atoms with Crippen molar-refractivity contribution in [2.45, 2.75) is 0 Å². The van der Waals surface area contributed by atoms with E-state index in [0.717, 1.165) is 123 Å². The van der Waals surface area contributed by atoms with E-state index in [-0.39, 0.29) is 0 Å². The van der Waals surface area contributed by atoms with Gasteiger partial charge in [-0.15, -0.1) is 0 Å². The molecule has 8 heteroatoms. The van der Waals surface area contributed by atoms with Crippen molar-refractivity contribution >= 4 is 130 Å². The van der Waals surface area contributed by atoms with E-state index < -0.39 is 0 Å². The van der Waals surface area contributed by atoms with Crippen LogP contribution in [0.5, 0.6) is 0 Å². The van der Waals surface area contributed by atoms with Gasteiger partial charge in [-0.2, -0.15) is 0 Å². The average molecular weight is 1320 g/mol. The Morgan fingerprint density at radius 2 is 0.644 bits per heavy atom. The first-order valence-corrected chi connectivity index (χ1v) is 35.6. The molecule has 24 rings (SSSR count). The lowest BCUT2D eigenvalue weighted by molar-refractivity contribution is 1.14. The maximum atomic E-state index is 5.37. The summed E-state index contributed by atoms with van der Waals surface area (Å²) in [5.41, 5.74) is 28.6. The van der Waals surface area contributed by atoms with Crippen molar-refractivity contribution in [1.29, 1.82) is 0 Å². The summed E-state index contributed by atoms with van der Waals surface area (Å²) in [6, 6.07) is 112. The highest BCUT2D eigenvalue weighted by atomic mass is 15.0. The molecule has 104 heavy (non-hydrogen) atoms. The van der Waals surface area contributed by atoms with Gasteiger partial charge in [-0.05, 0) is 181 Å². The molecule has 478 valence electrons. The van der Waals surface area contributed by atoms with Gasteiger partial charge in [0.1, 0.15) is 0 Å². The summed E-state index contributed by atoms with van der Waals surface area (Å²) < 4.78 is 9.64. The van der Waals surface area contributed by atoms with Gasteiger partial charge >= 0.3 is 0 Å². The number of rotatable bonds is 7.